The highest BCUT2D eigenvalue weighted by molar-refractivity contribution is 4.52. The fourth-order valence-electron chi connectivity index (χ4n) is 0.994. The van der Waals surface area contributed by atoms with Gasteiger partial charge >= 0.3 is 0 Å². The maximum atomic E-state index is 5.40. The van der Waals surface area contributed by atoms with Crippen molar-refractivity contribution in [3.63, 3.8) is 0 Å². The predicted octanol–water partition coefficient (Wildman–Crippen LogP) is 1.05. The maximum Gasteiger partial charge on any atom is 0.101 e. The van der Waals surface area contributed by atoms with Gasteiger partial charge in [-0.3, -0.25) is 4.90 Å². The van der Waals surface area contributed by atoms with Gasteiger partial charge in [-0.15, -0.1) is 0 Å². The van der Waals surface area contributed by atoms with E-state index in [1.54, 1.807) is 0 Å². The number of unbranched alkanes of at least 4 members (excludes halogenated alkanes) is 1. The lowest BCUT2D eigenvalue weighted by Gasteiger charge is -2.12. The van der Waals surface area contributed by atoms with Crippen LogP contribution in [-0.2, 0) is 9.47 Å². The average molecular weight is 159 g/mol. The van der Waals surface area contributed by atoms with E-state index < -0.39 is 0 Å². The molecule has 0 aromatic heterocycles. The molecule has 1 aliphatic rings. The van der Waals surface area contributed by atoms with Gasteiger partial charge in [0.05, 0.1) is 6.61 Å². The first-order chi connectivity index (χ1) is 5.43. The van der Waals surface area contributed by atoms with Crippen molar-refractivity contribution in [1.29, 1.82) is 0 Å². The number of rotatable bonds is 5. The Kier molecular flexibility index (Phi) is 4.50. The highest BCUT2D eigenvalue weighted by Crippen LogP contribution is 1.98. The Morgan fingerprint density at radius 3 is 3.09 bits per heavy atom. The summed E-state index contributed by atoms with van der Waals surface area (Å²) in [6, 6.07) is 0. The van der Waals surface area contributed by atoms with Crippen LogP contribution in [0.1, 0.15) is 19.8 Å². The molecule has 0 unspecified atom stereocenters. The second-order valence-corrected chi connectivity index (χ2v) is 2.82. The molecule has 3 heteroatoms. The second-order valence-electron chi connectivity index (χ2n) is 2.82. The molecule has 0 saturated carbocycles. The minimum atomic E-state index is 0.736. The van der Waals surface area contributed by atoms with Gasteiger partial charge in [-0.1, -0.05) is 13.3 Å². The van der Waals surface area contributed by atoms with Crippen LogP contribution in [0.4, 0.5) is 0 Å². The quantitative estimate of drug-likeness (QED) is 0.560. The van der Waals surface area contributed by atoms with Crippen molar-refractivity contribution < 1.29 is 9.47 Å². The standard InChI is InChI=1S/C8H17NO2/c1-2-3-5-10-7-9-4-6-11-8-9/h2-8H2,1H3. The Morgan fingerprint density at radius 1 is 1.55 bits per heavy atom. The smallest absolute Gasteiger partial charge is 0.101 e. The fourth-order valence-corrected chi connectivity index (χ4v) is 0.994. The van der Waals surface area contributed by atoms with Crippen LogP contribution in [0.3, 0.4) is 0 Å². The predicted molar refractivity (Wildman–Crippen MR) is 43.3 cm³/mol. The molecule has 1 rings (SSSR count). The van der Waals surface area contributed by atoms with Crippen molar-refractivity contribution in [2.24, 2.45) is 0 Å². The summed E-state index contributed by atoms with van der Waals surface area (Å²) >= 11 is 0. The molecule has 66 valence electrons. The Bertz CT molecular complexity index is 92.1. The number of hydrogen-bond acceptors (Lipinski definition) is 3. The SMILES string of the molecule is CCCCOCN1CCOC1. The summed E-state index contributed by atoms with van der Waals surface area (Å²) in [6.45, 7) is 6.41. The van der Waals surface area contributed by atoms with Crippen molar-refractivity contribution in [1.82, 2.24) is 4.90 Å². The molecule has 0 radical (unpaired) electrons. The summed E-state index contributed by atoms with van der Waals surface area (Å²) in [4.78, 5) is 2.16. The molecule has 0 amide bonds. The molecule has 11 heavy (non-hydrogen) atoms. The van der Waals surface area contributed by atoms with Crippen LogP contribution < -0.4 is 0 Å². The average Bonchev–Trinajstić information content (AvgIpc) is 2.50. The molecule has 1 heterocycles. The Labute approximate surface area is 68.3 Å². The van der Waals surface area contributed by atoms with E-state index in [0.717, 1.165) is 39.6 Å². The summed E-state index contributed by atoms with van der Waals surface area (Å²) in [5.41, 5.74) is 0. The maximum absolute atomic E-state index is 5.40. The van der Waals surface area contributed by atoms with Crippen LogP contribution in [0.15, 0.2) is 0 Å². The molecule has 0 spiro atoms. The van der Waals surface area contributed by atoms with Crippen LogP contribution in [0.25, 0.3) is 0 Å². The minimum Gasteiger partial charge on any atom is -0.366 e. The van der Waals surface area contributed by atoms with Gasteiger partial charge in [-0.05, 0) is 6.42 Å². The molecule has 0 N–H and O–H groups in total. The van der Waals surface area contributed by atoms with Crippen LogP contribution in [0.5, 0.6) is 0 Å². The summed E-state index contributed by atoms with van der Waals surface area (Å²) in [5, 5.41) is 0. The van der Waals surface area contributed by atoms with E-state index in [-0.39, 0.29) is 0 Å². The molecular weight excluding hydrogens is 142 g/mol. The van der Waals surface area contributed by atoms with Crippen molar-refractivity contribution in [2.45, 2.75) is 19.8 Å². The third kappa shape index (κ3) is 3.70. The third-order valence-electron chi connectivity index (χ3n) is 1.74. The Hall–Kier alpha value is -0.120. The van der Waals surface area contributed by atoms with E-state index in [1.807, 2.05) is 0 Å². The van der Waals surface area contributed by atoms with Crippen LogP contribution in [-0.4, -0.2) is 38.1 Å². The first kappa shape index (κ1) is 8.97. The summed E-state index contributed by atoms with van der Waals surface area (Å²) in [7, 11) is 0. The first-order valence-corrected chi connectivity index (χ1v) is 4.31. The lowest BCUT2D eigenvalue weighted by molar-refractivity contribution is 0.0155. The van der Waals surface area contributed by atoms with Crippen LogP contribution in [0, 0.1) is 0 Å². The zero-order valence-corrected chi connectivity index (χ0v) is 7.21. The molecule has 1 aliphatic heterocycles. The minimum absolute atomic E-state index is 0.736. The monoisotopic (exact) mass is 159 g/mol. The van der Waals surface area contributed by atoms with E-state index in [0.29, 0.717) is 0 Å². The number of nitrogens with zero attached hydrogens (tertiary/aromatic N) is 1. The van der Waals surface area contributed by atoms with Gasteiger partial charge in [0.25, 0.3) is 0 Å². The number of ether oxygens (including phenoxy) is 2. The largest absolute Gasteiger partial charge is 0.366 e. The second kappa shape index (κ2) is 5.52. The third-order valence-corrected chi connectivity index (χ3v) is 1.74. The van der Waals surface area contributed by atoms with Gasteiger partial charge in [0.2, 0.25) is 0 Å². The highest BCUT2D eigenvalue weighted by atomic mass is 16.5. The van der Waals surface area contributed by atoms with E-state index in [9.17, 15) is 0 Å². The van der Waals surface area contributed by atoms with Gasteiger partial charge in [0, 0.05) is 13.2 Å². The molecule has 3 nitrogen and oxygen atoms in total. The Balaban J connectivity index is 1.86. The van der Waals surface area contributed by atoms with Crippen molar-refractivity contribution in [3.8, 4) is 0 Å². The number of hydrogen-bond donors (Lipinski definition) is 0. The van der Waals surface area contributed by atoms with Crippen molar-refractivity contribution in [3.05, 3.63) is 0 Å². The zero-order valence-electron chi connectivity index (χ0n) is 7.21. The molecule has 0 aromatic carbocycles. The summed E-state index contributed by atoms with van der Waals surface area (Å²) in [6.07, 6.45) is 2.37. The summed E-state index contributed by atoms with van der Waals surface area (Å²) < 4.78 is 10.6. The summed E-state index contributed by atoms with van der Waals surface area (Å²) in [5.74, 6) is 0. The first-order valence-electron chi connectivity index (χ1n) is 4.31. The van der Waals surface area contributed by atoms with Crippen LogP contribution in [0.2, 0.25) is 0 Å². The van der Waals surface area contributed by atoms with Gasteiger partial charge in [0.15, 0.2) is 0 Å². The van der Waals surface area contributed by atoms with Gasteiger partial charge in [-0.25, -0.2) is 0 Å². The van der Waals surface area contributed by atoms with Crippen LogP contribution >= 0.6 is 0 Å². The van der Waals surface area contributed by atoms with E-state index in [1.165, 1.54) is 6.42 Å². The molecular formula is C8H17NO2. The molecule has 1 fully saturated rings. The van der Waals surface area contributed by atoms with Crippen molar-refractivity contribution in [2.75, 3.05) is 33.2 Å². The molecule has 0 aromatic rings. The fraction of sp³-hybridized carbons (Fsp3) is 1.00. The van der Waals surface area contributed by atoms with Gasteiger partial charge in [0.1, 0.15) is 13.5 Å². The normalized spacial score (nSPS) is 19.4. The van der Waals surface area contributed by atoms with Gasteiger partial charge in [-0.2, -0.15) is 0 Å². The lowest BCUT2D eigenvalue weighted by Crippen LogP contribution is -2.23. The van der Waals surface area contributed by atoms with Crippen molar-refractivity contribution >= 4 is 0 Å². The molecule has 0 atom stereocenters. The highest BCUT2D eigenvalue weighted by Gasteiger charge is 2.10. The van der Waals surface area contributed by atoms with Gasteiger partial charge < -0.3 is 9.47 Å². The Morgan fingerprint density at radius 2 is 2.45 bits per heavy atom. The topological polar surface area (TPSA) is 21.7 Å². The van der Waals surface area contributed by atoms with E-state index >= 15 is 0 Å². The molecule has 1 saturated heterocycles. The molecule has 0 bridgehead atoms. The van der Waals surface area contributed by atoms with E-state index in [2.05, 4.69) is 11.8 Å². The molecule has 0 aliphatic carbocycles. The zero-order chi connectivity index (χ0) is 7.94. The lowest BCUT2D eigenvalue weighted by atomic mass is 10.4. The van der Waals surface area contributed by atoms with E-state index in [4.69, 9.17) is 9.47 Å².